The Balaban J connectivity index is 1.59. The van der Waals surface area contributed by atoms with E-state index in [1.54, 1.807) is 6.07 Å². The van der Waals surface area contributed by atoms with Gasteiger partial charge >= 0.3 is 12.1 Å². The number of ether oxygens (including phenoxy) is 4. The third-order valence-electron chi connectivity index (χ3n) is 5.71. The van der Waals surface area contributed by atoms with Crippen LogP contribution in [0.15, 0.2) is 10.5 Å². The molecule has 2 aliphatic rings. The SMILES string of the molecule is COC(=O)c1cc(Br)c2c(c1C)OC(C)(C[C@H]1CC[C@@H](NC(=O)OC(C)(C)C)CC1)O2. The molecule has 1 aromatic rings. The number of nitrogens with one attached hydrogen (secondary N) is 1. The first-order valence-corrected chi connectivity index (χ1v) is 11.5. The molecule has 0 aromatic heterocycles. The number of esters is 1. The highest BCUT2D eigenvalue weighted by Gasteiger charge is 2.42. The van der Waals surface area contributed by atoms with E-state index < -0.39 is 17.4 Å². The van der Waals surface area contributed by atoms with Crippen LogP contribution in [0.5, 0.6) is 11.5 Å². The Bertz CT molecular complexity index is 857. The van der Waals surface area contributed by atoms with Crippen LogP contribution in [0.25, 0.3) is 0 Å². The van der Waals surface area contributed by atoms with Gasteiger partial charge in [-0.3, -0.25) is 0 Å². The van der Waals surface area contributed by atoms with Crippen LogP contribution in [0, 0.1) is 12.8 Å². The van der Waals surface area contributed by atoms with E-state index in [-0.39, 0.29) is 12.1 Å². The van der Waals surface area contributed by atoms with Gasteiger partial charge in [0, 0.05) is 24.9 Å². The maximum Gasteiger partial charge on any atom is 0.407 e. The van der Waals surface area contributed by atoms with Crippen LogP contribution < -0.4 is 14.8 Å². The van der Waals surface area contributed by atoms with Crippen LogP contribution in [0.1, 0.15) is 75.7 Å². The lowest BCUT2D eigenvalue weighted by Crippen LogP contribution is -2.42. The summed E-state index contributed by atoms with van der Waals surface area (Å²) in [4.78, 5) is 24.1. The summed E-state index contributed by atoms with van der Waals surface area (Å²) in [6, 6.07) is 1.84. The molecule has 0 saturated heterocycles. The van der Waals surface area contributed by atoms with Crippen LogP contribution in [-0.4, -0.2) is 36.6 Å². The minimum atomic E-state index is -0.805. The minimum absolute atomic E-state index is 0.125. The molecule has 31 heavy (non-hydrogen) atoms. The Hall–Kier alpha value is -1.96. The van der Waals surface area contributed by atoms with Gasteiger partial charge < -0.3 is 24.3 Å². The molecular formula is C23H32BrNO6. The Morgan fingerprint density at radius 3 is 2.39 bits per heavy atom. The van der Waals surface area contributed by atoms with Gasteiger partial charge in [0.05, 0.1) is 17.1 Å². The summed E-state index contributed by atoms with van der Waals surface area (Å²) in [7, 11) is 1.36. The standard InChI is InChI=1S/C23H32BrNO6/c1-13-16(20(26)28-6)11-17(24)19-18(13)29-23(5,30-19)12-14-7-9-15(10-8-14)25-21(27)31-22(2,3)4/h11,14-15H,7-10,12H2,1-6H3,(H,25,27)/t14-,15+,23?. The largest absolute Gasteiger partial charge is 0.465 e. The van der Waals surface area contributed by atoms with Crippen molar-refractivity contribution in [3.05, 3.63) is 21.7 Å². The number of benzene rings is 1. The zero-order chi connectivity index (χ0) is 23.0. The molecule has 172 valence electrons. The number of carbonyl (C=O) groups excluding carboxylic acids is 2. The normalized spacial score (nSPS) is 25.1. The van der Waals surface area contributed by atoms with E-state index in [2.05, 4.69) is 21.2 Å². The second-order valence-electron chi connectivity index (χ2n) is 9.59. The van der Waals surface area contributed by atoms with Gasteiger partial charge in [0.15, 0.2) is 11.5 Å². The van der Waals surface area contributed by atoms with Crippen LogP contribution in [-0.2, 0) is 9.47 Å². The predicted molar refractivity (Wildman–Crippen MR) is 120 cm³/mol. The highest BCUT2D eigenvalue weighted by Crippen LogP contribution is 2.50. The molecule has 0 spiro atoms. The maximum atomic E-state index is 12.1. The lowest BCUT2D eigenvalue weighted by Gasteiger charge is -2.33. The van der Waals surface area contributed by atoms with Crippen molar-refractivity contribution in [1.29, 1.82) is 0 Å². The Kier molecular flexibility index (Phi) is 6.79. The molecule has 1 atom stereocenters. The van der Waals surface area contributed by atoms with Gasteiger partial charge in [-0.2, -0.15) is 0 Å². The number of alkyl carbamates (subject to hydrolysis) is 1. The van der Waals surface area contributed by atoms with Crippen molar-refractivity contribution in [1.82, 2.24) is 5.32 Å². The van der Waals surface area contributed by atoms with Gasteiger partial charge in [0.2, 0.25) is 5.79 Å². The lowest BCUT2D eigenvalue weighted by atomic mass is 9.82. The first-order valence-electron chi connectivity index (χ1n) is 10.7. The Morgan fingerprint density at radius 2 is 1.81 bits per heavy atom. The van der Waals surface area contributed by atoms with E-state index in [9.17, 15) is 9.59 Å². The van der Waals surface area contributed by atoms with Gasteiger partial charge in [-0.25, -0.2) is 9.59 Å². The van der Waals surface area contributed by atoms with Crippen molar-refractivity contribution < 1.29 is 28.5 Å². The number of rotatable bonds is 4. The number of fused-ring (bicyclic) bond motifs is 1. The van der Waals surface area contributed by atoms with Crippen LogP contribution in [0.4, 0.5) is 4.79 Å². The summed E-state index contributed by atoms with van der Waals surface area (Å²) in [6.45, 7) is 9.34. The van der Waals surface area contributed by atoms with Crippen LogP contribution in [0.2, 0.25) is 0 Å². The molecule has 7 nitrogen and oxygen atoms in total. The van der Waals surface area contributed by atoms with Gasteiger partial charge in [-0.1, -0.05) is 0 Å². The molecule has 8 heteroatoms. The van der Waals surface area contributed by atoms with Crippen molar-refractivity contribution in [3.8, 4) is 11.5 Å². The number of carbonyl (C=O) groups is 2. The van der Waals surface area contributed by atoms with Crippen LogP contribution in [0.3, 0.4) is 0 Å². The number of methoxy groups -OCH3 is 1. The van der Waals surface area contributed by atoms with E-state index in [1.807, 2.05) is 34.6 Å². The molecule has 0 bridgehead atoms. The molecule has 3 rings (SSSR count). The molecule has 1 saturated carbocycles. The minimum Gasteiger partial charge on any atom is -0.465 e. The van der Waals surface area contributed by atoms with E-state index in [0.29, 0.717) is 33.0 Å². The van der Waals surface area contributed by atoms with E-state index >= 15 is 0 Å². The average molecular weight is 498 g/mol. The Labute approximate surface area is 192 Å². The van der Waals surface area contributed by atoms with E-state index in [4.69, 9.17) is 18.9 Å². The van der Waals surface area contributed by atoms with Crippen molar-refractivity contribution in [2.75, 3.05) is 7.11 Å². The summed E-state index contributed by atoms with van der Waals surface area (Å²) < 4.78 is 23.4. The first kappa shape index (κ1) is 23.7. The Morgan fingerprint density at radius 1 is 1.19 bits per heavy atom. The number of hydrogen-bond acceptors (Lipinski definition) is 6. The third-order valence-corrected chi connectivity index (χ3v) is 6.30. The van der Waals surface area contributed by atoms with Gasteiger partial charge in [-0.05, 0) is 81.3 Å². The molecule has 1 unspecified atom stereocenters. The molecule has 1 aliphatic carbocycles. The fraction of sp³-hybridized carbons (Fsp3) is 0.652. The van der Waals surface area contributed by atoms with Gasteiger partial charge in [0.1, 0.15) is 5.60 Å². The highest BCUT2D eigenvalue weighted by atomic mass is 79.9. The van der Waals surface area contributed by atoms with Crippen molar-refractivity contribution in [3.63, 3.8) is 0 Å². The second-order valence-corrected chi connectivity index (χ2v) is 10.4. The van der Waals surface area contributed by atoms with Crippen molar-refractivity contribution in [2.24, 2.45) is 5.92 Å². The molecule has 1 heterocycles. The number of amides is 1. The topological polar surface area (TPSA) is 83.1 Å². The summed E-state index contributed by atoms with van der Waals surface area (Å²) in [5.41, 5.74) is 0.663. The molecule has 1 N–H and O–H groups in total. The van der Waals surface area contributed by atoms with E-state index in [0.717, 1.165) is 32.1 Å². The van der Waals surface area contributed by atoms with Gasteiger partial charge in [-0.15, -0.1) is 0 Å². The average Bonchev–Trinajstić information content (AvgIpc) is 3.02. The molecule has 1 aromatic carbocycles. The highest BCUT2D eigenvalue weighted by molar-refractivity contribution is 9.10. The van der Waals surface area contributed by atoms with Crippen molar-refractivity contribution >= 4 is 28.0 Å². The quantitative estimate of drug-likeness (QED) is 0.552. The number of hydrogen-bond donors (Lipinski definition) is 1. The zero-order valence-corrected chi connectivity index (χ0v) is 20.7. The van der Waals surface area contributed by atoms with Gasteiger partial charge in [0.25, 0.3) is 0 Å². The first-order chi connectivity index (χ1) is 14.4. The predicted octanol–water partition coefficient (Wildman–Crippen LogP) is 5.51. The van der Waals surface area contributed by atoms with Crippen LogP contribution >= 0.6 is 15.9 Å². The molecule has 1 aliphatic heterocycles. The fourth-order valence-corrected chi connectivity index (χ4v) is 4.78. The van der Waals surface area contributed by atoms with Crippen molar-refractivity contribution in [2.45, 2.75) is 84.2 Å². The summed E-state index contributed by atoms with van der Waals surface area (Å²) in [6.07, 6.45) is 4.08. The number of halogens is 1. The van der Waals surface area contributed by atoms with E-state index in [1.165, 1.54) is 7.11 Å². The fourth-order valence-electron chi connectivity index (χ4n) is 4.29. The monoisotopic (exact) mass is 497 g/mol. The molecular weight excluding hydrogens is 466 g/mol. The molecule has 1 fully saturated rings. The zero-order valence-electron chi connectivity index (χ0n) is 19.1. The lowest BCUT2D eigenvalue weighted by molar-refractivity contribution is -0.0836. The summed E-state index contributed by atoms with van der Waals surface area (Å²) >= 11 is 3.49. The third kappa shape index (κ3) is 5.64. The second kappa shape index (κ2) is 8.88. The summed E-state index contributed by atoms with van der Waals surface area (Å²) in [5.74, 6) is 0.398. The molecule has 0 radical (unpaired) electrons. The smallest absolute Gasteiger partial charge is 0.407 e. The summed E-state index contributed by atoms with van der Waals surface area (Å²) in [5, 5.41) is 2.98. The molecule has 1 amide bonds. The maximum absolute atomic E-state index is 12.1.